The number of Topliss-reactive ketones (excluding diaryl/α,β-unsaturated/α-hetero) is 2. The highest BCUT2D eigenvalue weighted by molar-refractivity contribution is 7.19. The number of carbonyl (C=O) groups is 4. The number of thiophene rings is 2. The predicted octanol–water partition coefficient (Wildman–Crippen LogP) is 13.0. The van der Waals surface area contributed by atoms with Crippen molar-refractivity contribution in [1.82, 2.24) is 29.4 Å². The van der Waals surface area contributed by atoms with Crippen LogP contribution in [0.4, 0.5) is 0 Å². The molecular weight excluding hydrogens is 965 g/mol. The van der Waals surface area contributed by atoms with Crippen LogP contribution < -0.4 is 0 Å². The van der Waals surface area contributed by atoms with Crippen molar-refractivity contribution in [3.8, 4) is 32.5 Å². The summed E-state index contributed by atoms with van der Waals surface area (Å²) in [5.41, 5.74) is 4.30. The van der Waals surface area contributed by atoms with Crippen molar-refractivity contribution < 1.29 is 19.2 Å². The summed E-state index contributed by atoms with van der Waals surface area (Å²) in [6.07, 6.45) is 4.83. The number of hydrogen-bond donors (Lipinski definition) is 0. The molecule has 0 N–H and O–H groups in total. The maximum atomic E-state index is 13.3. The second-order valence-electron chi connectivity index (χ2n) is 14.5. The molecule has 10 nitrogen and oxygen atoms in total. The van der Waals surface area contributed by atoms with Crippen molar-refractivity contribution in [2.45, 2.75) is 40.0 Å². The van der Waals surface area contributed by atoms with Crippen LogP contribution in [0.15, 0.2) is 86.0 Å². The number of nitrogens with zero attached hydrogens (tertiary/aromatic N) is 6. The molecule has 1 atom stereocenters. The van der Waals surface area contributed by atoms with Gasteiger partial charge in [-0.2, -0.15) is 10.2 Å². The fraction of sp³-hybridized carbons (Fsp3) is 0.244. The molecule has 1 unspecified atom stereocenters. The Labute approximate surface area is 403 Å². The average Bonchev–Trinajstić information content (AvgIpc) is 4.10. The van der Waals surface area contributed by atoms with E-state index in [4.69, 9.17) is 69.6 Å². The van der Waals surface area contributed by atoms with E-state index in [1.165, 1.54) is 27.6 Å². The third kappa shape index (κ3) is 10.8. The van der Waals surface area contributed by atoms with E-state index in [0.29, 0.717) is 88.8 Å². The van der Waals surface area contributed by atoms with Crippen LogP contribution in [0.1, 0.15) is 58.3 Å². The average molecular weight is 1010 g/mol. The first-order valence-corrected chi connectivity index (χ1v) is 23.4. The Balaban J connectivity index is 0.000000210. The predicted molar refractivity (Wildman–Crippen MR) is 259 cm³/mol. The summed E-state index contributed by atoms with van der Waals surface area (Å²) in [4.78, 5) is 56.8. The molecule has 63 heavy (non-hydrogen) atoms. The van der Waals surface area contributed by atoms with Gasteiger partial charge in [0, 0.05) is 47.4 Å². The molecule has 5 heterocycles. The van der Waals surface area contributed by atoms with Crippen LogP contribution in [0.25, 0.3) is 32.5 Å². The number of likely N-dealkylation sites (tertiary alicyclic amines) is 1. The molecule has 0 radical (unpaired) electrons. The number of benzene rings is 2. The van der Waals surface area contributed by atoms with Gasteiger partial charge in [0.1, 0.15) is 17.3 Å². The number of carbonyl (C=O) groups excluding carboxylic acids is 4. The quantitative estimate of drug-likeness (QED) is 0.0611. The normalized spacial score (nSPS) is 12.7. The van der Waals surface area contributed by atoms with Gasteiger partial charge in [0.15, 0.2) is 11.6 Å². The van der Waals surface area contributed by atoms with E-state index in [1.54, 1.807) is 88.8 Å². The summed E-state index contributed by atoms with van der Waals surface area (Å²) in [6.45, 7) is 14.6. The summed E-state index contributed by atoms with van der Waals surface area (Å²) in [6, 6.07) is 17.4. The van der Waals surface area contributed by atoms with Gasteiger partial charge in [-0.15, -0.1) is 35.8 Å². The Kier molecular flexibility index (Phi) is 16.2. The summed E-state index contributed by atoms with van der Waals surface area (Å²) in [5, 5.41) is 10.9. The first kappa shape index (κ1) is 48.2. The van der Waals surface area contributed by atoms with Gasteiger partial charge < -0.3 is 9.80 Å². The molecule has 7 rings (SSSR count). The lowest BCUT2D eigenvalue weighted by Gasteiger charge is -2.19. The number of rotatable bonds is 14. The third-order valence-corrected chi connectivity index (χ3v) is 13.7. The molecule has 0 saturated carbocycles. The minimum Gasteiger partial charge on any atom is -0.342 e. The van der Waals surface area contributed by atoms with Gasteiger partial charge in [-0.05, 0) is 94.3 Å². The summed E-state index contributed by atoms with van der Waals surface area (Å²) < 4.78 is 4.45. The number of ketones is 2. The van der Waals surface area contributed by atoms with Gasteiger partial charge in [-0.3, -0.25) is 19.2 Å². The Morgan fingerprint density at radius 3 is 1.60 bits per heavy atom. The first-order chi connectivity index (χ1) is 30.0. The van der Waals surface area contributed by atoms with Crippen molar-refractivity contribution in [3.05, 3.63) is 137 Å². The maximum Gasteiger partial charge on any atom is 0.233 e. The smallest absolute Gasteiger partial charge is 0.233 e. The van der Waals surface area contributed by atoms with E-state index in [9.17, 15) is 19.2 Å². The van der Waals surface area contributed by atoms with Gasteiger partial charge in [-0.1, -0.05) is 81.8 Å². The zero-order valence-electron chi connectivity index (χ0n) is 34.3. The van der Waals surface area contributed by atoms with E-state index in [1.807, 2.05) is 19.1 Å². The maximum absolute atomic E-state index is 13.3. The highest BCUT2D eigenvalue weighted by Gasteiger charge is 2.33. The Hall–Kier alpha value is -4.24. The third-order valence-electron chi connectivity index (χ3n) is 10.2. The molecule has 1 aliphatic heterocycles. The first-order valence-electron chi connectivity index (χ1n) is 19.5. The van der Waals surface area contributed by atoms with Crippen molar-refractivity contribution in [1.29, 1.82) is 0 Å². The van der Waals surface area contributed by atoms with Gasteiger partial charge in [0.05, 0.1) is 57.7 Å². The summed E-state index contributed by atoms with van der Waals surface area (Å²) >= 11 is 40.1. The van der Waals surface area contributed by atoms with Crippen molar-refractivity contribution in [2.75, 3.05) is 26.2 Å². The Bertz CT molecular complexity index is 2720. The fourth-order valence-electron chi connectivity index (χ4n) is 7.06. The molecule has 4 aromatic heterocycles. The molecule has 1 fully saturated rings. The van der Waals surface area contributed by atoms with Gasteiger partial charge in [-0.25, -0.2) is 9.36 Å². The lowest BCUT2D eigenvalue weighted by molar-refractivity contribution is -0.132. The molecule has 2 amide bonds. The summed E-state index contributed by atoms with van der Waals surface area (Å²) in [7, 11) is 0. The van der Waals surface area contributed by atoms with Crippen molar-refractivity contribution in [3.63, 3.8) is 0 Å². The van der Waals surface area contributed by atoms with Gasteiger partial charge in [0.25, 0.3) is 0 Å². The molecule has 18 heteroatoms. The molecule has 0 spiro atoms. The van der Waals surface area contributed by atoms with E-state index < -0.39 is 11.7 Å². The van der Waals surface area contributed by atoms with Gasteiger partial charge in [0.2, 0.25) is 11.8 Å². The second-order valence-corrected chi connectivity index (χ2v) is 19.6. The number of halogens is 6. The molecule has 0 aliphatic carbocycles. The number of hydrogen-bond acceptors (Lipinski definition) is 8. The van der Waals surface area contributed by atoms with Crippen molar-refractivity contribution in [2.24, 2.45) is 5.92 Å². The molecule has 328 valence electrons. The van der Waals surface area contributed by atoms with Crippen LogP contribution in [0, 0.1) is 19.8 Å². The van der Waals surface area contributed by atoms with Crippen LogP contribution in [-0.4, -0.2) is 78.9 Å². The van der Waals surface area contributed by atoms with Crippen molar-refractivity contribution >= 4 is 116 Å². The lowest BCUT2D eigenvalue weighted by Crippen LogP contribution is -2.36. The topological polar surface area (TPSA) is 110 Å². The monoisotopic (exact) mass is 1000 g/mol. The summed E-state index contributed by atoms with van der Waals surface area (Å²) in [5.74, 6) is -1.98. The minimum atomic E-state index is -0.805. The van der Waals surface area contributed by atoms with Crippen LogP contribution in [0.2, 0.25) is 28.8 Å². The zero-order chi connectivity index (χ0) is 45.7. The second kappa shape index (κ2) is 21.2. The molecule has 6 aromatic rings. The standard InChI is InChI=1S/C23H20Cl3N3O2S.C22H20Cl3N3O2S/c1-4-10-28(11-5-2)21(31)13-18(30)22-14(3)23(19-8-9-20(26)32-19)29(27-22)17-7-6-15(24)12-16(17)25;1-12-19(21(29)13(2)22(30)27-9-3-4-10-27)26-28(16-6-5-14(23)11-15(16)24)20(12)17-7-8-18(25)31-17/h4-9,12H,1-2,10-11,13H2,3H3;5-8,11,13H,3-4,9-10H2,1-2H3. The van der Waals surface area contributed by atoms with Crippen LogP contribution in [0.3, 0.4) is 0 Å². The minimum absolute atomic E-state index is 0.151. The SMILES string of the molecule is C=CCN(CC=C)C(=O)CC(=O)c1nn(-c2ccc(Cl)cc2Cl)c(-c2ccc(Cl)s2)c1C.Cc1c(C(=O)C(C)C(=O)N2CCCC2)nn(-c2ccc(Cl)cc2Cl)c1-c1ccc(Cl)s1. The highest BCUT2D eigenvalue weighted by atomic mass is 35.5. The van der Waals surface area contributed by atoms with Crippen LogP contribution in [0.5, 0.6) is 0 Å². The highest BCUT2D eigenvalue weighted by Crippen LogP contribution is 2.39. The largest absolute Gasteiger partial charge is 0.342 e. The Morgan fingerprint density at radius 1 is 0.714 bits per heavy atom. The molecule has 2 aromatic carbocycles. The van der Waals surface area contributed by atoms with Gasteiger partial charge >= 0.3 is 0 Å². The Morgan fingerprint density at radius 2 is 1.17 bits per heavy atom. The molecule has 0 bridgehead atoms. The van der Waals surface area contributed by atoms with E-state index >= 15 is 0 Å². The van der Waals surface area contributed by atoms with E-state index in [-0.39, 0.29) is 35.4 Å². The van der Waals surface area contributed by atoms with Crippen LogP contribution >= 0.6 is 92.3 Å². The molecule has 1 saturated heterocycles. The fourth-order valence-corrected chi connectivity index (χ4v) is 10.3. The lowest BCUT2D eigenvalue weighted by atomic mass is 9.99. The molecule has 1 aliphatic rings. The number of amides is 2. The van der Waals surface area contributed by atoms with E-state index in [0.717, 1.165) is 22.6 Å². The van der Waals surface area contributed by atoms with E-state index in [2.05, 4.69) is 23.4 Å². The van der Waals surface area contributed by atoms with Crippen LogP contribution in [-0.2, 0) is 9.59 Å². The molecular formula is C45H40Cl6N6O4S2. The zero-order valence-corrected chi connectivity index (χ0v) is 40.4. The number of aromatic nitrogens is 4.